The van der Waals surface area contributed by atoms with Crippen molar-refractivity contribution in [1.29, 1.82) is 0 Å². The lowest BCUT2D eigenvalue weighted by molar-refractivity contribution is -0.0523. The van der Waals surface area contributed by atoms with Crippen LogP contribution in [0.25, 0.3) is 0 Å². The maximum Gasteiger partial charge on any atom is 0.387 e. The molecule has 0 saturated heterocycles. The number of halogens is 3. The lowest BCUT2D eigenvalue weighted by Gasteiger charge is -2.13. The monoisotopic (exact) mass is 267 g/mol. The first-order valence-corrected chi connectivity index (χ1v) is 5.63. The lowest BCUT2D eigenvalue weighted by atomic mass is 10.3. The van der Waals surface area contributed by atoms with E-state index in [1.54, 1.807) is 6.92 Å². The van der Waals surface area contributed by atoms with Gasteiger partial charge in [0.15, 0.2) is 11.6 Å². The van der Waals surface area contributed by atoms with Gasteiger partial charge in [-0.3, -0.25) is 0 Å². The fraction of sp³-hybridized carbons (Fsp3) is 0.400. The third-order valence-corrected chi connectivity index (χ3v) is 3.02. The summed E-state index contributed by atoms with van der Waals surface area (Å²) in [6, 6.07) is 2.03. The number of thioether (sulfide) groups is 1. The molecule has 0 fully saturated rings. The van der Waals surface area contributed by atoms with E-state index >= 15 is 0 Å². The second-order valence-corrected chi connectivity index (χ2v) is 4.79. The zero-order valence-corrected chi connectivity index (χ0v) is 9.81. The highest BCUT2D eigenvalue weighted by molar-refractivity contribution is 8.00. The lowest BCUT2D eigenvalue weighted by Crippen LogP contribution is -2.06. The molecule has 0 heterocycles. The molecule has 0 radical (unpaired) electrons. The van der Waals surface area contributed by atoms with E-state index in [-0.39, 0.29) is 17.5 Å². The van der Waals surface area contributed by atoms with Gasteiger partial charge in [-0.25, -0.2) is 4.39 Å². The van der Waals surface area contributed by atoms with Crippen molar-refractivity contribution in [3.8, 4) is 5.75 Å². The predicted molar refractivity (Wildman–Crippen MR) is 59.8 cm³/mol. The molecule has 0 aliphatic carbocycles. The highest BCUT2D eigenvalue weighted by Crippen LogP contribution is 2.34. The zero-order chi connectivity index (χ0) is 13.0. The quantitative estimate of drug-likeness (QED) is 0.635. The summed E-state index contributed by atoms with van der Waals surface area (Å²) in [5.74, 6) is -1.49. The van der Waals surface area contributed by atoms with Crippen LogP contribution in [0.4, 0.5) is 18.9 Å². The fourth-order valence-corrected chi connectivity index (χ4v) is 1.97. The van der Waals surface area contributed by atoms with E-state index in [0.717, 1.165) is 23.9 Å². The molecule has 96 valence electrons. The van der Waals surface area contributed by atoms with Crippen LogP contribution in [0, 0.1) is 5.82 Å². The SMILES string of the molecule is CC(CO)Sc1cc(OC(F)F)c(F)cc1N. The Hall–Kier alpha value is -1.08. The Morgan fingerprint density at radius 1 is 1.47 bits per heavy atom. The van der Waals surface area contributed by atoms with Gasteiger partial charge in [-0.2, -0.15) is 8.78 Å². The number of rotatable bonds is 5. The number of nitrogens with two attached hydrogens (primary N) is 1. The van der Waals surface area contributed by atoms with E-state index in [1.165, 1.54) is 0 Å². The van der Waals surface area contributed by atoms with Crippen LogP contribution in [0.5, 0.6) is 5.75 Å². The smallest absolute Gasteiger partial charge is 0.387 e. The number of anilines is 1. The second kappa shape index (κ2) is 6.02. The molecule has 3 nitrogen and oxygen atoms in total. The maximum atomic E-state index is 13.2. The summed E-state index contributed by atoms with van der Waals surface area (Å²) in [5.41, 5.74) is 5.66. The normalized spacial score (nSPS) is 12.8. The third kappa shape index (κ3) is 4.01. The summed E-state index contributed by atoms with van der Waals surface area (Å²) in [5, 5.41) is 8.69. The van der Waals surface area contributed by atoms with Crippen molar-refractivity contribution >= 4 is 17.4 Å². The summed E-state index contributed by atoms with van der Waals surface area (Å²) in [4.78, 5) is 0.392. The van der Waals surface area contributed by atoms with Crippen molar-refractivity contribution in [3.63, 3.8) is 0 Å². The van der Waals surface area contributed by atoms with Crippen LogP contribution in [0.1, 0.15) is 6.92 Å². The topological polar surface area (TPSA) is 55.5 Å². The number of ether oxygens (including phenoxy) is 1. The minimum Gasteiger partial charge on any atom is -0.432 e. The van der Waals surface area contributed by atoms with E-state index in [2.05, 4.69) is 4.74 Å². The van der Waals surface area contributed by atoms with Gasteiger partial charge in [-0.05, 0) is 6.07 Å². The van der Waals surface area contributed by atoms with Crippen LogP contribution in [0.15, 0.2) is 17.0 Å². The van der Waals surface area contributed by atoms with Gasteiger partial charge in [0, 0.05) is 21.9 Å². The largest absolute Gasteiger partial charge is 0.432 e. The molecule has 0 aliphatic heterocycles. The number of benzene rings is 1. The molecule has 0 spiro atoms. The molecular weight excluding hydrogens is 255 g/mol. The molecule has 1 atom stereocenters. The second-order valence-electron chi connectivity index (χ2n) is 3.31. The first-order valence-electron chi connectivity index (χ1n) is 4.75. The summed E-state index contributed by atoms with van der Waals surface area (Å²) < 4.78 is 41.2. The van der Waals surface area contributed by atoms with Crippen LogP contribution < -0.4 is 10.5 Å². The van der Waals surface area contributed by atoms with Crippen molar-refractivity contribution < 1.29 is 23.0 Å². The van der Waals surface area contributed by atoms with E-state index in [9.17, 15) is 13.2 Å². The van der Waals surface area contributed by atoms with Gasteiger partial charge in [0.25, 0.3) is 0 Å². The molecule has 1 rings (SSSR count). The summed E-state index contributed by atoms with van der Waals surface area (Å²) in [7, 11) is 0. The fourth-order valence-electron chi connectivity index (χ4n) is 1.09. The van der Waals surface area contributed by atoms with Gasteiger partial charge in [0.2, 0.25) is 0 Å². The van der Waals surface area contributed by atoms with Crippen LogP contribution in [-0.2, 0) is 0 Å². The number of aliphatic hydroxyl groups excluding tert-OH is 1. The van der Waals surface area contributed by atoms with E-state index in [0.29, 0.717) is 4.90 Å². The Morgan fingerprint density at radius 3 is 2.65 bits per heavy atom. The van der Waals surface area contributed by atoms with E-state index in [4.69, 9.17) is 10.8 Å². The first kappa shape index (κ1) is 14.0. The Kier molecular flexibility index (Phi) is 4.95. The van der Waals surface area contributed by atoms with Crippen LogP contribution in [0.3, 0.4) is 0 Å². The van der Waals surface area contributed by atoms with Gasteiger partial charge in [0.1, 0.15) is 0 Å². The summed E-state index contributed by atoms with van der Waals surface area (Å²) in [6.45, 7) is -1.48. The Labute approximate surface area is 101 Å². The minimum atomic E-state index is -3.10. The third-order valence-electron chi connectivity index (χ3n) is 1.87. The standard InChI is InChI=1S/C10H12F3NO2S/c1-5(4-15)17-9-3-8(16-10(12)13)6(11)2-7(9)14/h2-3,5,10,15H,4,14H2,1H3. The molecule has 0 bridgehead atoms. The Bertz CT molecular complexity index is 390. The minimum absolute atomic E-state index is 0.105. The van der Waals surface area contributed by atoms with Crippen molar-refractivity contribution in [1.82, 2.24) is 0 Å². The van der Waals surface area contributed by atoms with Crippen molar-refractivity contribution in [3.05, 3.63) is 17.9 Å². The predicted octanol–water partition coefficient (Wildman–Crippen LogP) is 2.48. The molecule has 1 aromatic rings. The summed E-state index contributed by atoms with van der Waals surface area (Å²) in [6.07, 6.45) is 0. The maximum absolute atomic E-state index is 13.2. The van der Waals surface area contributed by atoms with Crippen molar-refractivity contribution in [2.75, 3.05) is 12.3 Å². The van der Waals surface area contributed by atoms with Crippen LogP contribution in [0.2, 0.25) is 0 Å². The molecule has 0 aliphatic rings. The van der Waals surface area contributed by atoms with E-state index in [1.807, 2.05) is 0 Å². The average molecular weight is 267 g/mol. The van der Waals surface area contributed by atoms with Gasteiger partial charge < -0.3 is 15.6 Å². The van der Waals surface area contributed by atoms with E-state index < -0.39 is 18.2 Å². The molecule has 0 amide bonds. The molecule has 1 unspecified atom stereocenters. The number of aliphatic hydroxyl groups is 1. The van der Waals surface area contributed by atoms with Crippen molar-refractivity contribution in [2.45, 2.75) is 23.7 Å². The molecule has 1 aromatic carbocycles. The molecule has 3 N–H and O–H groups in total. The van der Waals surface area contributed by atoms with Gasteiger partial charge >= 0.3 is 6.61 Å². The average Bonchev–Trinajstić information content (AvgIpc) is 2.24. The molecule has 0 aromatic heterocycles. The number of alkyl halides is 2. The highest BCUT2D eigenvalue weighted by Gasteiger charge is 2.15. The Morgan fingerprint density at radius 2 is 2.12 bits per heavy atom. The zero-order valence-electron chi connectivity index (χ0n) is 8.99. The van der Waals surface area contributed by atoms with Gasteiger partial charge in [-0.1, -0.05) is 6.92 Å². The van der Waals surface area contributed by atoms with Crippen molar-refractivity contribution in [2.24, 2.45) is 0 Å². The van der Waals surface area contributed by atoms with Gasteiger partial charge in [-0.15, -0.1) is 11.8 Å². The highest BCUT2D eigenvalue weighted by atomic mass is 32.2. The number of hydrogen-bond donors (Lipinski definition) is 2. The molecule has 7 heteroatoms. The molecule has 0 saturated carbocycles. The van der Waals surface area contributed by atoms with Gasteiger partial charge in [0.05, 0.1) is 6.61 Å². The van der Waals surface area contributed by atoms with Crippen LogP contribution in [-0.4, -0.2) is 23.6 Å². The first-order chi connectivity index (χ1) is 7.93. The Balaban J connectivity index is 2.97. The molecule has 17 heavy (non-hydrogen) atoms. The summed E-state index contributed by atoms with van der Waals surface area (Å²) >= 11 is 1.15. The number of nitrogen functional groups attached to an aromatic ring is 1. The molecular formula is C10H12F3NO2S. The van der Waals surface area contributed by atoms with Crippen LogP contribution >= 0.6 is 11.8 Å². The number of hydrogen-bond acceptors (Lipinski definition) is 4.